The van der Waals surface area contributed by atoms with Gasteiger partial charge in [0.15, 0.2) is 5.69 Å². The largest absolute Gasteiger partial charge is 0.266 e. The fraction of sp³-hybridized carbons (Fsp3) is 0.200. The number of nitriles is 1. The number of hydrogen-bond donors (Lipinski definition) is 1. The topological polar surface area (TPSA) is 109 Å². The highest BCUT2D eigenvalue weighted by Crippen LogP contribution is 2.21. The number of nitrogens with one attached hydrogen (secondary N) is 1. The molecule has 0 spiro atoms. The van der Waals surface area contributed by atoms with Crippen LogP contribution in [0.5, 0.6) is 0 Å². The first kappa shape index (κ1) is 13.4. The van der Waals surface area contributed by atoms with E-state index in [9.17, 15) is 8.42 Å². The predicted octanol–water partition coefficient (Wildman–Crippen LogP) is 1.17. The molecule has 0 aliphatic carbocycles. The number of nitrogens with zero attached hydrogens (tertiary/aromatic N) is 4. The Morgan fingerprint density at radius 2 is 2.26 bits per heavy atom. The third kappa shape index (κ3) is 2.86. The molecule has 0 fully saturated rings. The molecule has 98 valence electrons. The number of aromatic nitrogens is 3. The van der Waals surface area contributed by atoms with Gasteiger partial charge in [-0.05, 0) is 18.6 Å². The highest BCUT2D eigenvalue weighted by atomic mass is 32.2. The number of anilines is 1. The van der Waals surface area contributed by atoms with Crippen molar-refractivity contribution >= 4 is 26.5 Å². The van der Waals surface area contributed by atoms with E-state index in [4.69, 9.17) is 5.26 Å². The van der Waals surface area contributed by atoms with Crippen LogP contribution in [0.4, 0.5) is 5.13 Å². The number of rotatable bonds is 4. The Kier molecular flexibility index (Phi) is 3.73. The molecule has 0 aliphatic rings. The molecule has 0 radical (unpaired) electrons. The zero-order valence-electron chi connectivity index (χ0n) is 9.86. The second kappa shape index (κ2) is 5.29. The zero-order valence-corrected chi connectivity index (χ0v) is 11.5. The van der Waals surface area contributed by atoms with Crippen LogP contribution in [0.2, 0.25) is 0 Å². The molecule has 0 saturated heterocycles. The van der Waals surface area contributed by atoms with E-state index in [0.29, 0.717) is 6.42 Å². The molecule has 0 amide bonds. The van der Waals surface area contributed by atoms with E-state index in [-0.39, 0.29) is 15.7 Å². The summed E-state index contributed by atoms with van der Waals surface area (Å²) in [7, 11) is -3.88. The average molecular weight is 295 g/mol. The highest BCUT2D eigenvalue weighted by Gasteiger charge is 2.21. The van der Waals surface area contributed by atoms with Crippen molar-refractivity contribution in [2.45, 2.75) is 18.2 Å². The minimum absolute atomic E-state index is 0.157. The molecule has 0 aromatic carbocycles. The lowest BCUT2D eigenvalue weighted by Gasteiger charge is -2.04. The van der Waals surface area contributed by atoms with E-state index in [1.165, 1.54) is 18.3 Å². The average Bonchev–Trinajstić information content (AvgIpc) is 2.85. The van der Waals surface area contributed by atoms with Gasteiger partial charge in [0.2, 0.25) is 5.13 Å². The van der Waals surface area contributed by atoms with Crippen molar-refractivity contribution in [3.8, 4) is 6.07 Å². The minimum Gasteiger partial charge on any atom is -0.253 e. The molecule has 7 nitrogen and oxygen atoms in total. The number of sulfonamides is 1. The summed E-state index contributed by atoms with van der Waals surface area (Å²) >= 11 is 1.15. The zero-order chi connectivity index (χ0) is 13.9. The van der Waals surface area contributed by atoms with Gasteiger partial charge >= 0.3 is 0 Å². The summed E-state index contributed by atoms with van der Waals surface area (Å²) in [5.41, 5.74) is -0.157. The fourth-order valence-corrected chi connectivity index (χ4v) is 3.32. The lowest BCUT2D eigenvalue weighted by atomic mass is 10.4. The molecule has 9 heteroatoms. The van der Waals surface area contributed by atoms with Gasteiger partial charge in [-0.1, -0.05) is 18.3 Å². The maximum absolute atomic E-state index is 12.1. The third-order valence-corrected chi connectivity index (χ3v) is 4.64. The molecule has 1 N–H and O–H groups in total. The summed E-state index contributed by atoms with van der Waals surface area (Å²) in [5.74, 6) is 0. The Labute approximate surface area is 114 Å². The van der Waals surface area contributed by atoms with E-state index in [2.05, 4.69) is 19.9 Å². The first-order valence-corrected chi connectivity index (χ1v) is 7.57. The second-order valence-corrected chi connectivity index (χ2v) is 6.13. The number of pyridine rings is 1. The quantitative estimate of drug-likeness (QED) is 0.906. The maximum Gasteiger partial charge on any atom is 0.266 e. The van der Waals surface area contributed by atoms with E-state index in [1.807, 2.05) is 6.92 Å². The smallest absolute Gasteiger partial charge is 0.253 e. The molecule has 0 bridgehead atoms. The summed E-state index contributed by atoms with van der Waals surface area (Å²) in [5, 5.41) is 17.3. The lowest BCUT2D eigenvalue weighted by Crippen LogP contribution is -2.14. The third-order valence-electron chi connectivity index (χ3n) is 2.16. The fourth-order valence-electron chi connectivity index (χ4n) is 1.30. The van der Waals surface area contributed by atoms with Crippen molar-refractivity contribution in [3.63, 3.8) is 0 Å². The number of aryl methyl sites for hydroxylation is 1. The van der Waals surface area contributed by atoms with Crippen LogP contribution in [-0.4, -0.2) is 23.6 Å². The van der Waals surface area contributed by atoms with Crippen LogP contribution in [0.25, 0.3) is 0 Å². The highest BCUT2D eigenvalue weighted by molar-refractivity contribution is 7.93. The molecule has 0 aliphatic heterocycles. The van der Waals surface area contributed by atoms with Gasteiger partial charge in [0, 0.05) is 6.20 Å². The number of hydrogen-bond acceptors (Lipinski definition) is 7. The van der Waals surface area contributed by atoms with Crippen LogP contribution in [-0.2, 0) is 16.4 Å². The Bertz CT molecular complexity index is 732. The van der Waals surface area contributed by atoms with Crippen molar-refractivity contribution < 1.29 is 8.42 Å². The molecule has 19 heavy (non-hydrogen) atoms. The normalized spacial score (nSPS) is 10.9. The Morgan fingerprint density at radius 3 is 2.89 bits per heavy atom. The van der Waals surface area contributed by atoms with E-state index >= 15 is 0 Å². The van der Waals surface area contributed by atoms with E-state index in [0.717, 1.165) is 16.3 Å². The van der Waals surface area contributed by atoms with Crippen LogP contribution in [0.1, 0.15) is 17.6 Å². The lowest BCUT2D eigenvalue weighted by molar-refractivity contribution is 0.600. The molecular formula is C10H9N5O2S2. The molecule has 2 aromatic rings. The maximum atomic E-state index is 12.1. The summed E-state index contributed by atoms with van der Waals surface area (Å²) < 4.78 is 26.5. The van der Waals surface area contributed by atoms with Crippen LogP contribution < -0.4 is 4.72 Å². The van der Waals surface area contributed by atoms with Crippen molar-refractivity contribution in [2.24, 2.45) is 0 Å². The Morgan fingerprint density at radius 1 is 1.47 bits per heavy atom. The van der Waals surface area contributed by atoms with Crippen molar-refractivity contribution in [1.82, 2.24) is 15.2 Å². The Hall–Kier alpha value is -2.05. The molecule has 2 aromatic heterocycles. The summed E-state index contributed by atoms with van der Waals surface area (Å²) in [4.78, 5) is 3.54. The first-order chi connectivity index (χ1) is 9.06. The van der Waals surface area contributed by atoms with Gasteiger partial charge in [-0.25, -0.2) is 13.4 Å². The SMILES string of the molecule is CCc1nnc(NS(=O)(=O)c2cccnc2C#N)s1. The van der Waals surface area contributed by atoms with Crippen LogP contribution in [0.15, 0.2) is 23.2 Å². The van der Waals surface area contributed by atoms with E-state index in [1.54, 1.807) is 6.07 Å². The van der Waals surface area contributed by atoms with Gasteiger partial charge in [0.05, 0.1) is 0 Å². The summed E-state index contributed by atoms with van der Waals surface area (Å²) in [6.45, 7) is 1.90. The van der Waals surface area contributed by atoms with Gasteiger partial charge in [0.1, 0.15) is 16.0 Å². The predicted molar refractivity (Wildman–Crippen MR) is 69.0 cm³/mol. The molecule has 0 atom stereocenters. The Balaban J connectivity index is 2.35. The molecule has 2 rings (SSSR count). The van der Waals surface area contributed by atoms with Crippen LogP contribution >= 0.6 is 11.3 Å². The second-order valence-electron chi connectivity index (χ2n) is 3.42. The van der Waals surface area contributed by atoms with E-state index < -0.39 is 10.0 Å². The van der Waals surface area contributed by atoms with Crippen molar-refractivity contribution in [3.05, 3.63) is 29.0 Å². The molecule has 0 unspecified atom stereocenters. The minimum atomic E-state index is -3.88. The van der Waals surface area contributed by atoms with Gasteiger partial charge in [0.25, 0.3) is 10.0 Å². The molecular weight excluding hydrogens is 286 g/mol. The van der Waals surface area contributed by atoms with Gasteiger partial charge < -0.3 is 0 Å². The standard InChI is InChI=1S/C10H9N5O2S2/c1-2-9-13-14-10(18-9)15-19(16,17)8-4-3-5-12-7(8)6-11/h3-5H,2H2,1H3,(H,14,15). The summed E-state index contributed by atoms with van der Waals surface area (Å²) in [6.07, 6.45) is 2.04. The van der Waals surface area contributed by atoms with Gasteiger partial charge in [-0.2, -0.15) is 5.26 Å². The van der Waals surface area contributed by atoms with Gasteiger partial charge in [-0.3, -0.25) is 4.72 Å². The van der Waals surface area contributed by atoms with Crippen molar-refractivity contribution in [1.29, 1.82) is 5.26 Å². The molecule has 0 saturated carbocycles. The van der Waals surface area contributed by atoms with Crippen LogP contribution in [0, 0.1) is 11.3 Å². The first-order valence-electron chi connectivity index (χ1n) is 5.27. The van der Waals surface area contributed by atoms with Crippen LogP contribution in [0.3, 0.4) is 0 Å². The van der Waals surface area contributed by atoms with Crippen molar-refractivity contribution in [2.75, 3.05) is 4.72 Å². The van der Waals surface area contributed by atoms with Gasteiger partial charge in [-0.15, -0.1) is 10.2 Å². The molecule has 2 heterocycles. The summed E-state index contributed by atoms with van der Waals surface area (Å²) in [6, 6.07) is 4.51. The monoisotopic (exact) mass is 295 g/mol.